The fourth-order valence-electron chi connectivity index (χ4n) is 2.26. The first kappa shape index (κ1) is 11.3. The van der Waals surface area contributed by atoms with Crippen molar-refractivity contribution in [2.24, 2.45) is 5.73 Å². The Morgan fingerprint density at radius 3 is 2.38 bits per heavy atom. The lowest BCUT2D eigenvalue weighted by molar-refractivity contribution is 0.391. The molecule has 0 heterocycles. The first-order valence-corrected chi connectivity index (χ1v) is 5.60. The van der Waals surface area contributed by atoms with Crippen molar-refractivity contribution in [3.8, 4) is 11.5 Å². The van der Waals surface area contributed by atoms with Gasteiger partial charge in [0.1, 0.15) is 11.5 Å². The SMILES string of the molecule is COc1cc(C)c(OC)c(C2(CN)CC2)c1. The molecule has 2 N–H and O–H groups in total. The molecule has 0 saturated heterocycles. The van der Waals surface area contributed by atoms with Crippen LogP contribution in [0.5, 0.6) is 11.5 Å². The molecule has 0 bridgehead atoms. The van der Waals surface area contributed by atoms with Crippen LogP contribution in [0.1, 0.15) is 24.0 Å². The summed E-state index contributed by atoms with van der Waals surface area (Å²) in [4.78, 5) is 0. The van der Waals surface area contributed by atoms with Crippen LogP contribution in [0.2, 0.25) is 0 Å². The largest absolute Gasteiger partial charge is 0.497 e. The molecule has 1 aromatic rings. The summed E-state index contributed by atoms with van der Waals surface area (Å²) in [6.07, 6.45) is 2.29. The number of ether oxygens (including phenoxy) is 2. The van der Waals surface area contributed by atoms with E-state index in [9.17, 15) is 0 Å². The van der Waals surface area contributed by atoms with E-state index in [-0.39, 0.29) is 5.41 Å². The Balaban J connectivity index is 2.53. The highest BCUT2D eigenvalue weighted by atomic mass is 16.5. The van der Waals surface area contributed by atoms with Crippen molar-refractivity contribution in [3.63, 3.8) is 0 Å². The lowest BCUT2D eigenvalue weighted by Crippen LogP contribution is -2.20. The summed E-state index contributed by atoms with van der Waals surface area (Å²) in [5.74, 6) is 1.84. The van der Waals surface area contributed by atoms with Gasteiger partial charge in [0, 0.05) is 17.5 Å². The van der Waals surface area contributed by atoms with Gasteiger partial charge in [-0.05, 0) is 37.5 Å². The molecule has 1 aliphatic rings. The normalized spacial score (nSPS) is 17.0. The van der Waals surface area contributed by atoms with Gasteiger partial charge >= 0.3 is 0 Å². The minimum atomic E-state index is 0.130. The van der Waals surface area contributed by atoms with Gasteiger partial charge in [-0.25, -0.2) is 0 Å². The summed E-state index contributed by atoms with van der Waals surface area (Å²) in [7, 11) is 3.40. The zero-order valence-corrected chi connectivity index (χ0v) is 10.2. The average molecular weight is 221 g/mol. The van der Waals surface area contributed by atoms with Gasteiger partial charge in [0.15, 0.2) is 0 Å². The molecular weight excluding hydrogens is 202 g/mol. The molecule has 0 spiro atoms. The van der Waals surface area contributed by atoms with Crippen LogP contribution in [0, 0.1) is 6.92 Å². The van der Waals surface area contributed by atoms with Crippen LogP contribution in [0.4, 0.5) is 0 Å². The Labute approximate surface area is 96.5 Å². The number of hydrogen-bond acceptors (Lipinski definition) is 3. The Morgan fingerprint density at radius 2 is 1.94 bits per heavy atom. The molecule has 1 saturated carbocycles. The van der Waals surface area contributed by atoms with E-state index in [4.69, 9.17) is 15.2 Å². The molecule has 0 atom stereocenters. The van der Waals surface area contributed by atoms with Crippen molar-refractivity contribution in [3.05, 3.63) is 23.3 Å². The molecule has 1 aliphatic carbocycles. The zero-order valence-electron chi connectivity index (χ0n) is 10.2. The highest BCUT2D eigenvalue weighted by Crippen LogP contribution is 2.52. The Morgan fingerprint density at radius 1 is 1.25 bits per heavy atom. The van der Waals surface area contributed by atoms with E-state index < -0.39 is 0 Å². The predicted molar refractivity (Wildman–Crippen MR) is 64.2 cm³/mol. The maximum Gasteiger partial charge on any atom is 0.125 e. The third-order valence-corrected chi connectivity index (χ3v) is 3.50. The minimum absolute atomic E-state index is 0.130. The molecule has 88 valence electrons. The van der Waals surface area contributed by atoms with Gasteiger partial charge in [0.05, 0.1) is 14.2 Å². The van der Waals surface area contributed by atoms with Crippen LogP contribution in [0.25, 0.3) is 0 Å². The molecule has 16 heavy (non-hydrogen) atoms. The van der Waals surface area contributed by atoms with Crippen molar-refractivity contribution in [2.75, 3.05) is 20.8 Å². The molecule has 3 heteroatoms. The first-order chi connectivity index (χ1) is 7.66. The lowest BCUT2D eigenvalue weighted by atomic mass is 9.93. The van der Waals surface area contributed by atoms with E-state index in [0.717, 1.165) is 29.9 Å². The molecule has 0 aromatic heterocycles. The predicted octanol–water partition coefficient (Wildman–Crippen LogP) is 2.00. The Hall–Kier alpha value is -1.22. The summed E-state index contributed by atoms with van der Waals surface area (Å²) >= 11 is 0. The fraction of sp³-hybridized carbons (Fsp3) is 0.538. The monoisotopic (exact) mass is 221 g/mol. The summed E-state index contributed by atoms with van der Waals surface area (Å²) < 4.78 is 10.8. The van der Waals surface area contributed by atoms with E-state index in [0.29, 0.717) is 6.54 Å². The highest BCUT2D eigenvalue weighted by Gasteiger charge is 2.45. The van der Waals surface area contributed by atoms with Gasteiger partial charge in [-0.15, -0.1) is 0 Å². The van der Waals surface area contributed by atoms with Crippen LogP contribution in [-0.4, -0.2) is 20.8 Å². The fourth-order valence-corrected chi connectivity index (χ4v) is 2.26. The van der Waals surface area contributed by atoms with E-state index in [1.54, 1.807) is 14.2 Å². The lowest BCUT2D eigenvalue weighted by Gasteiger charge is -2.19. The maximum absolute atomic E-state index is 5.87. The molecule has 0 unspecified atom stereocenters. The van der Waals surface area contributed by atoms with Gasteiger partial charge < -0.3 is 15.2 Å². The van der Waals surface area contributed by atoms with Crippen LogP contribution in [0.15, 0.2) is 12.1 Å². The number of methoxy groups -OCH3 is 2. The molecule has 0 radical (unpaired) electrons. The summed E-state index contributed by atoms with van der Waals surface area (Å²) in [6.45, 7) is 2.72. The average Bonchev–Trinajstić information content (AvgIpc) is 3.08. The molecule has 0 aliphatic heterocycles. The molecule has 1 fully saturated rings. The van der Waals surface area contributed by atoms with Gasteiger partial charge in [0.2, 0.25) is 0 Å². The molecule has 2 rings (SSSR count). The van der Waals surface area contributed by atoms with Crippen molar-refractivity contribution >= 4 is 0 Å². The van der Waals surface area contributed by atoms with Crippen molar-refractivity contribution in [1.82, 2.24) is 0 Å². The standard InChI is InChI=1S/C13H19NO2/c1-9-6-10(15-2)7-11(12(9)16-3)13(8-14)4-5-13/h6-7H,4-5,8,14H2,1-3H3. The summed E-state index contributed by atoms with van der Waals surface area (Å²) in [5, 5.41) is 0. The first-order valence-electron chi connectivity index (χ1n) is 5.60. The second kappa shape index (κ2) is 3.98. The second-order valence-corrected chi connectivity index (χ2v) is 4.51. The molecule has 1 aromatic carbocycles. The van der Waals surface area contributed by atoms with Crippen LogP contribution >= 0.6 is 0 Å². The van der Waals surface area contributed by atoms with Gasteiger partial charge in [-0.1, -0.05) is 0 Å². The summed E-state index contributed by atoms with van der Waals surface area (Å²) in [5.41, 5.74) is 8.31. The third-order valence-electron chi connectivity index (χ3n) is 3.50. The van der Waals surface area contributed by atoms with E-state index in [2.05, 4.69) is 6.07 Å². The van der Waals surface area contributed by atoms with Gasteiger partial charge in [-0.3, -0.25) is 0 Å². The molecule has 0 amide bonds. The molecular formula is C13H19NO2. The van der Waals surface area contributed by atoms with Gasteiger partial charge in [0.25, 0.3) is 0 Å². The highest BCUT2D eigenvalue weighted by molar-refractivity contribution is 5.52. The maximum atomic E-state index is 5.87. The number of hydrogen-bond donors (Lipinski definition) is 1. The second-order valence-electron chi connectivity index (χ2n) is 4.51. The topological polar surface area (TPSA) is 44.5 Å². The summed E-state index contributed by atoms with van der Waals surface area (Å²) in [6, 6.07) is 4.06. The van der Waals surface area contributed by atoms with Crippen molar-refractivity contribution < 1.29 is 9.47 Å². The number of aryl methyl sites for hydroxylation is 1. The minimum Gasteiger partial charge on any atom is -0.497 e. The number of rotatable bonds is 4. The van der Waals surface area contributed by atoms with E-state index in [1.165, 1.54) is 5.56 Å². The quantitative estimate of drug-likeness (QED) is 0.845. The third kappa shape index (κ3) is 1.65. The zero-order chi connectivity index (χ0) is 11.8. The Kier molecular flexibility index (Phi) is 2.80. The smallest absolute Gasteiger partial charge is 0.125 e. The van der Waals surface area contributed by atoms with Gasteiger partial charge in [-0.2, -0.15) is 0 Å². The van der Waals surface area contributed by atoms with Crippen LogP contribution in [-0.2, 0) is 5.41 Å². The van der Waals surface area contributed by atoms with E-state index >= 15 is 0 Å². The number of benzene rings is 1. The molecule has 3 nitrogen and oxygen atoms in total. The van der Waals surface area contributed by atoms with Crippen molar-refractivity contribution in [1.29, 1.82) is 0 Å². The van der Waals surface area contributed by atoms with E-state index in [1.807, 2.05) is 13.0 Å². The van der Waals surface area contributed by atoms with Crippen LogP contribution < -0.4 is 15.2 Å². The number of nitrogens with two attached hydrogens (primary N) is 1. The Bertz CT molecular complexity index is 397. The van der Waals surface area contributed by atoms with Crippen molar-refractivity contribution in [2.45, 2.75) is 25.2 Å². The van der Waals surface area contributed by atoms with Crippen LogP contribution in [0.3, 0.4) is 0 Å².